The van der Waals surface area contributed by atoms with Crippen molar-refractivity contribution in [2.45, 2.75) is 57.9 Å². The van der Waals surface area contributed by atoms with Crippen molar-refractivity contribution < 1.29 is 14.7 Å². The van der Waals surface area contributed by atoms with E-state index < -0.39 is 11.5 Å². The highest BCUT2D eigenvalue weighted by atomic mass is 16.4. The van der Waals surface area contributed by atoms with E-state index in [0.717, 1.165) is 19.3 Å². The Morgan fingerprint density at radius 1 is 1.33 bits per heavy atom. The van der Waals surface area contributed by atoms with E-state index in [9.17, 15) is 9.59 Å². The van der Waals surface area contributed by atoms with Crippen LogP contribution in [0, 0.1) is 5.41 Å². The van der Waals surface area contributed by atoms with E-state index in [-0.39, 0.29) is 17.7 Å². The molecular weight excluding hydrogens is 232 g/mol. The molecule has 1 aliphatic rings. The second-order valence-corrected chi connectivity index (χ2v) is 5.47. The molecule has 5 nitrogen and oxygen atoms in total. The first-order chi connectivity index (χ1) is 8.37. The molecule has 1 saturated carbocycles. The molecule has 0 aromatic carbocycles. The van der Waals surface area contributed by atoms with Crippen molar-refractivity contribution >= 4 is 11.9 Å². The van der Waals surface area contributed by atoms with Crippen LogP contribution in [-0.2, 0) is 9.59 Å². The SMILES string of the molecule is CCC(N)(CC)C(=O)NCC1(CC(=O)O)CCC1. The van der Waals surface area contributed by atoms with E-state index in [2.05, 4.69) is 5.32 Å². The van der Waals surface area contributed by atoms with Crippen LogP contribution in [0.4, 0.5) is 0 Å². The first-order valence-corrected chi connectivity index (χ1v) is 6.66. The Bertz CT molecular complexity index is 320. The fourth-order valence-corrected chi connectivity index (χ4v) is 2.43. The zero-order valence-electron chi connectivity index (χ0n) is 11.3. The number of hydrogen-bond acceptors (Lipinski definition) is 3. The number of rotatable bonds is 7. The minimum atomic E-state index is -0.825. The molecule has 0 unspecified atom stereocenters. The first-order valence-electron chi connectivity index (χ1n) is 6.66. The van der Waals surface area contributed by atoms with E-state index in [1.165, 1.54) is 0 Å². The molecule has 1 rings (SSSR count). The van der Waals surface area contributed by atoms with Gasteiger partial charge in [-0.2, -0.15) is 0 Å². The lowest BCUT2D eigenvalue weighted by Gasteiger charge is -2.41. The van der Waals surface area contributed by atoms with Crippen LogP contribution in [0.25, 0.3) is 0 Å². The molecule has 18 heavy (non-hydrogen) atoms. The van der Waals surface area contributed by atoms with Crippen molar-refractivity contribution in [2.75, 3.05) is 6.54 Å². The molecular formula is C13H24N2O3. The molecule has 1 fully saturated rings. The van der Waals surface area contributed by atoms with E-state index in [1.807, 2.05) is 13.8 Å². The smallest absolute Gasteiger partial charge is 0.303 e. The Kier molecular flexibility index (Phi) is 4.73. The number of aliphatic carboxylic acids is 1. The van der Waals surface area contributed by atoms with Crippen LogP contribution < -0.4 is 11.1 Å². The summed E-state index contributed by atoms with van der Waals surface area (Å²) in [5.74, 6) is -0.960. The fraction of sp³-hybridized carbons (Fsp3) is 0.846. The number of amides is 1. The summed E-state index contributed by atoms with van der Waals surface area (Å²) in [5.41, 5.74) is 4.93. The molecule has 0 aliphatic heterocycles. The summed E-state index contributed by atoms with van der Waals surface area (Å²) in [6.45, 7) is 4.20. The van der Waals surface area contributed by atoms with Crippen molar-refractivity contribution in [3.8, 4) is 0 Å². The topological polar surface area (TPSA) is 92.4 Å². The molecule has 0 spiro atoms. The minimum absolute atomic E-state index is 0.128. The summed E-state index contributed by atoms with van der Waals surface area (Å²) in [4.78, 5) is 22.8. The molecule has 1 aliphatic carbocycles. The highest BCUT2D eigenvalue weighted by molar-refractivity contribution is 5.86. The third-order valence-corrected chi connectivity index (χ3v) is 4.28. The summed E-state index contributed by atoms with van der Waals surface area (Å²) in [5, 5.41) is 11.7. The average molecular weight is 256 g/mol. The van der Waals surface area contributed by atoms with E-state index in [0.29, 0.717) is 19.4 Å². The van der Waals surface area contributed by atoms with Gasteiger partial charge in [-0.15, -0.1) is 0 Å². The van der Waals surface area contributed by atoms with Gasteiger partial charge in [-0.1, -0.05) is 20.3 Å². The molecule has 0 radical (unpaired) electrons. The van der Waals surface area contributed by atoms with Gasteiger partial charge in [0, 0.05) is 6.54 Å². The van der Waals surface area contributed by atoms with Crippen LogP contribution in [0.3, 0.4) is 0 Å². The zero-order chi connectivity index (χ0) is 13.8. The Morgan fingerprint density at radius 2 is 1.89 bits per heavy atom. The third kappa shape index (κ3) is 3.22. The Labute approximate surface area is 108 Å². The molecule has 0 heterocycles. The predicted octanol–water partition coefficient (Wildman–Crippen LogP) is 1.27. The van der Waals surface area contributed by atoms with E-state index >= 15 is 0 Å². The molecule has 1 amide bonds. The molecule has 4 N–H and O–H groups in total. The molecule has 0 bridgehead atoms. The largest absolute Gasteiger partial charge is 0.481 e. The molecule has 5 heteroatoms. The van der Waals surface area contributed by atoms with Crippen molar-refractivity contribution in [3.63, 3.8) is 0 Å². The zero-order valence-corrected chi connectivity index (χ0v) is 11.3. The Balaban J connectivity index is 2.53. The summed E-state index contributed by atoms with van der Waals surface area (Å²) in [7, 11) is 0. The summed E-state index contributed by atoms with van der Waals surface area (Å²) in [6, 6.07) is 0. The van der Waals surface area contributed by atoms with Crippen LogP contribution >= 0.6 is 0 Å². The maximum absolute atomic E-state index is 12.0. The maximum Gasteiger partial charge on any atom is 0.303 e. The lowest BCUT2D eigenvalue weighted by atomic mass is 9.66. The van der Waals surface area contributed by atoms with E-state index in [4.69, 9.17) is 10.8 Å². The minimum Gasteiger partial charge on any atom is -0.481 e. The molecule has 0 aromatic rings. The average Bonchev–Trinajstić information content (AvgIpc) is 2.30. The normalized spacial score (nSPS) is 17.9. The second kappa shape index (κ2) is 5.69. The summed E-state index contributed by atoms with van der Waals surface area (Å²) >= 11 is 0. The Morgan fingerprint density at radius 3 is 2.22 bits per heavy atom. The highest BCUT2D eigenvalue weighted by Gasteiger charge is 2.40. The molecule has 0 aromatic heterocycles. The standard InChI is InChI=1S/C13H24N2O3/c1-3-13(14,4-2)11(18)15-9-12(6-5-7-12)8-10(16)17/h3-9,14H2,1-2H3,(H,15,18)(H,16,17). The van der Waals surface area contributed by atoms with Crippen molar-refractivity contribution in [1.82, 2.24) is 5.32 Å². The number of carboxylic acids is 1. The van der Waals surface area contributed by atoms with Gasteiger partial charge in [0.25, 0.3) is 0 Å². The van der Waals surface area contributed by atoms with Crippen LogP contribution in [-0.4, -0.2) is 29.1 Å². The van der Waals surface area contributed by atoms with Crippen LogP contribution in [0.2, 0.25) is 0 Å². The molecule has 104 valence electrons. The van der Waals surface area contributed by atoms with Crippen LogP contribution in [0.5, 0.6) is 0 Å². The monoisotopic (exact) mass is 256 g/mol. The maximum atomic E-state index is 12.0. The lowest BCUT2D eigenvalue weighted by molar-refractivity contribution is -0.142. The van der Waals surface area contributed by atoms with Gasteiger partial charge in [0.15, 0.2) is 0 Å². The predicted molar refractivity (Wildman–Crippen MR) is 69.0 cm³/mol. The van der Waals surface area contributed by atoms with Crippen LogP contribution in [0.1, 0.15) is 52.4 Å². The number of carboxylic acid groups (broad SMARTS) is 1. The lowest BCUT2D eigenvalue weighted by Crippen LogP contribution is -2.55. The molecule has 0 saturated heterocycles. The summed E-state index contributed by atoms with van der Waals surface area (Å²) < 4.78 is 0. The summed E-state index contributed by atoms with van der Waals surface area (Å²) in [6.07, 6.45) is 4.08. The Hall–Kier alpha value is -1.10. The van der Waals surface area contributed by atoms with Crippen molar-refractivity contribution in [3.05, 3.63) is 0 Å². The number of carbonyl (C=O) groups is 2. The van der Waals surface area contributed by atoms with Gasteiger partial charge in [0.2, 0.25) is 5.91 Å². The highest BCUT2D eigenvalue weighted by Crippen LogP contribution is 2.43. The van der Waals surface area contributed by atoms with Gasteiger partial charge in [-0.05, 0) is 31.1 Å². The number of hydrogen-bond donors (Lipinski definition) is 3. The first kappa shape index (κ1) is 15.0. The third-order valence-electron chi connectivity index (χ3n) is 4.28. The van der Waals surface area contributed by atoms with Gasteiger partial charge >= 0.3 is 5.97 Å². The second-order valence-electron chi connectivity index (χ2n) is 5.47. The van der Waals surface area contributed by atoms with Gasteiger partial charge in [0.05, 0.1) is 12.0 Å². The fourth-order valence-electron chi connectivity index (χ4n) is 2.43. The van der Waals surface area contributed by atoms with Gasteiger partial charge in [0.1, 0.15) is 0 Å². The molecule has 0 atom stereocenters. The van der Waals surface area contributed by atoms with Crippen LogP contribution in [0.15, 0.2) is 0 Å². The number of nitrogens with one attached hydrogen (secondary N) is 1. The van der Waals surface area contributed by atoms with Crippen molar-refractivity contribution in [2.24, 2.45) is 11.1 Å². The van der Waals surface area contributed by atoms with Crippen molar-refractivity contribution in [1.29, 1.82) is 0 Å². The number of nitrogens with two attached hydrogens (primary N) is 1. The van der Waals surface area contributed by atoms with Gasteiger partial charge < -0.3 is 16.2 Å². The van der Waals surface area contributed by atoms with Gasteiger partial charge in [-0.3, -0.25) is 9.59 Å². The van der Waals surface area contributed by atoms with E-state index in [1.54, 1.807) is 0 Å². The van der Waals surface area contributed by atoms with Gasteiger partial charge in [-0.25, -0.2) is 0 Å². The quantitative estimate of drug-likeness (QED) is 0.639. The number of carbonyl (C=O) groups excluding carboxylic acids is 1.